The third-order valence-corrected chi connectivity index (χ3v) is 3.51. The molecule has 0 aliphatic rings. The smallest absolute Gasteiger partial charge is 0.315 e. The number of hydrogen-bond acceptors (Lipinski definition) is 3. The summed E-state index contributed by atoms with van der Waals surface area (Å²) in [6.45, 7) is 7.69. The number of thioether (sulfide) groups is 1. The largest absolute Gasteiger partial charge is 0.481 e. The Bertz CT molecular complexity index is 303. The molecule has 0 saturated heterocycles. The van der Waals surface area contributed by atoms with E-state index >= 15 is 0 Å². The molecule has 19 heavy (non-hydrogen) atoms. The molecule has 112 valence electrons. The summed E-state index contributed by atoms with van der Waals surface area (Å²) < 4.78 is 0. The summed E-state index contributed by atoms with van der Waals surface area (Å²) in [5.41, 5.74) is -0.293. The number of carbonyl (C=O) groups excluding carboxylic acids is 1. The first kappa shape index (κ1) is 18.1. The molecule has 0 aromatic rings. The molecule has 0 aromatic heterocycles. The third kappa shape index (κ3) is 8.75. The second-order valence-electron chi connectivity index (χ2n) is 5.82. The van der Waals surface area contributed by atoms with Crippen LogP contribution in [0.1, 0.15) is 40.5 Å². The van der Waals surface area contributed by atoms with Crippen LogP contribution in [-0.4, -0.2) is 41.2 Å². The Balaban J connectivity index is 4.35. The summed E-state index contributed by atoms with van der Waals surface area (Å²) in [6, 6.07) is -0.606. The van der Waals surface area contributed by atoms with Crippen LogP contribution in [0.5, 0.6) is 0 Å². The maximum Gasteiger partial charge on any atom is 0.315 e. The highest BCUT2D eigenvalue weighted by molar-refractivity contribution is 7.98. The van der Waals surface area contributed by atoms with Crippen LogP contribution < -0.4 is 10.6 Å². The molecule has 0 fully saturated rings. The van der Waals surface area contributed by atoms with Crippen LogP contribution >= 0.6 is 11.8 Å². The molecule has 2 amide bonds. The zero-order valence-corrected chi connectivity index (χ0v) is 13.3. The lowest BCUT2D eigenvalue weighted by molar-refractivity contribution is -0.138. The molecule has 0 aliphatic heterocycles. The van der Waals surface area contributed by atoms with Gasteiger partial charge in [-0.1, -0.05) is 20.8 Å². The van der Waals surface area contributed by atoms with Gasteiger partial charge in [-0.15, -0.1) is 0 Å². The summed E-state index contributed by atoms with van der Waals surface area (Å²) in [6.07, 6.45) is 2.85. The zero-order chi connectivity index (χ0) is 15.1. The molecule has 0 saturated carbocycles. The zero-order valence-electron chi connectivity index (χ0n) is 12.4. The number of rotatable bonds is 7. The van der Waals surface area contributed by atoms with Crippen LogP contribution in [0.2, 0.25) is 0 Å². The minimum Gasteiger partial charge on any atom is -0.481 e. The Labute approximate surface area is 119 Å². The van der Waals surface area contributed by atoms with Crippen molar-refractivity contribution >= 4 is 23.8 Å². The number of carboxylic acids is 1. The van der Waals surface area contributed by atoms with Gasteiger partial charge in [-0.2, -0.15) is 11.8 Å². The number of urea groups is 1. The van der Waals surface area contributed by atoms with Gasteiger partial charge in [0.15, 0.2) is 0 Å². The van der Waals surface area contributed by atoms with Gasteiger partial charge in [-0.25, -0.2) is 4.79 Å². The number of carbonyl (C=O) groups is 2. The number of amides is 2. The molecule has 3 N–H and O–H groups in total. The Kier molecular flexibility index (Phi) is 7.90. The van der Waals surface area contributed by atoms with Crippen molar-refractivity contribution in [2.24, 2.45) is 5.41 Å². The van der Waals surface area contributed by atoms with Crippen molar-refractivity contribution < 1.29 is 14.7 Å². The molecular weight excluding hydrogens is 264 g/mol. The molecule has 0 rings (SSSR count). The molecule has 6 heteroatoms. The number of aliphatic carboxylic acids is 1. The van der Waals surface area contributed by atoms with Gasteiger partial charge in [-0.05, 0) is 30.8 Å². The van der Waals surface area contributed by atoms with Crippen LogP contribution in [0.15, 0.2) is 0 Å². The van der Waals surface area contributed by atoms with Gasteiger partial charge >= 0.3 is 12.0 Å². The second kappa shape index (κ2) is 8.30. The lowest BCUT2D eigenvalue weighted by Gasteiger charge is -2.30. The van der Waals surface area contributed by atoms with Crippen LogP contribution in [0, 0.1) is 5.41 Å². The minimum absolute atomic E-state index is 0.0733. The maximum atomic E-state index is 11.8. The van der Waals surface area contributed by atoms with Crippen LogP contribution in [0.3, 0.4) is 0 Å². The number of hydrogen-bond donors (Lipinski definition) is 3. The molecule has 2 unspecified atom stereocenters. The summed E-state index contributed by atoms with van der Waals surface area (Å²) in [5.74, 6) is 0.0786. The van der Waals surface area contributed by atoms with Crippen molar-refractivity contribution in [3.8, 4) is 0 Å². The van der Waals surface area contributed by atoms with Crippen molar-refractivity contribution in [3.05, 3.63) is 0 Å². The molecule has 0 radical (unpaired) electrons. The fourth-order valence-corrected chi connectivity index (χ4v) is 2.13. The highest BCUT2D eigenvalue weighted by Gasteiger charge is 2.28. The topological polar surface area (TPSA) is 78.4 Å². The number of nitrogens with one attached hydrogen (secondary N) is 2. The lowest BCUT2D eigenvalue weighted by atomic mass is 9.85. The second-order valence-corrected chi connectivity index (χ2v) is 6.80. The van der Waals surface area contributed by atoms with Gasteiger partial charge in [0.25, 0.3) is 0 Å². The predicted octanol–water partition coefficient (Wildman–Crippen LogP) is 2.32. The first-order valence-corrected chi connectivity index (χ1v) is 7.84. The molecule has 5 nitrogen and oxygen atoms in total. The van der Waals surface area contributed by atoms with Crippen LogP contribution in [-0.2, 0) is 4.79 Å². The van der Waals surface area contributed by atoms with E-state index in [0.717, 1.165) is 12.2 Å². The van der Waals surface area contributed by atoms with Crippen molar-refractivity contribution in [1.29, 1.82) is 0 Å². The van der Waals surface area contributed by atoms with E-state index in [0.29, 0.717) is 0 Å². The molecule has 0 bridgehead atoms. The molecule has 0 aromatic carbocycles. The van der Waals surface area contributed by atoms with Crippen molar-refractivity contribution in [2.45, 2.75) is 52.6 Å². The Morgan fingerprint density at radius 1 is 1.26 bits per heavy atom. The summed E-state index contributed by atoms with van der Waals surface area (Å²) >= 11 is 1.73. The monoisotopic (exact) mass is 290 g/mol. The van der Waals surface area contributed by atoms with Gasteiger partial charge in [-0.3, -0.25) is 4.79 Å². The van der Waals surface area contributed by atoms with Gasteiger partial charge in [0.2, 0.25) is 0 Å². The van der Waals surface area contributed by atoms with Gasteiger partial charge < -0.3 is 15.7 Å². The van der Waals surface area contributed by atoms with Gasteiger partial charge in [0.05, 0.1) is 6.42 Å². The first-order valence-electron chi connectivity index (χ1n) is 6.44. The molecule has 0 heterocycles. The fourth-order valence-electron chi connectivity index (χ4n) is 1.54. The molecular formula is C13H26N2O3S. The van der Waals surface area contributed by atoms with Crippen LogP contribution in [0.4, 0.5) is 4.79 Å². The molecule has 0 aliphatic carbocycles. The Morgan fingerprint density at radius 2 is 1.84 bits per heavy atom. The van der Waals surface area contributed by atoms with E-state index in [4.69, 9.17) is 5.11 Å². The average Bonchev–Trinajstić information content (AvgIpc) is 2.23. The summed E-state index contributed by atoms with van der Waals surface area (Å²) in [5, 5.41) is 14.5. The maximum absolute atomic E-state index is 11.8. The van der Waals surface area contributed by atoms with E-state index in [2.05, 4.69) is 10.6 Å². The Morgan fingerprint density at radius 3 is 2.26 bits per heavy atom. The van der Waals surface area contributed by atoms with Gasteiger partial charge in [0.1, 0.15) is 0 Å². The first-order chi connectivity index (χ1) is 8.66. The van der Waals surface area contributed by atoms with E-state index < -0.39 is 12.0 Å². The van der Waals surface area contributed by atoms with E-state index in [1.807, 2.05) is 34.0 Å². The van der Waals surface area contributed by atoms with E-state index in [9.17, 15) is 9.59 Å². The summed E-state index contributed by atoms with van der Waals surface area (Å²) in [7, 11) is 0. The van der Waals surface area contributed by atoms with Crippen molar-refractivity contribution in [2.75, 3.05) is 12.0 Å². The van der Waals surface area contributed by atoms with Gasteiger partial charge in [0, 0.05) is 12.1 Å². The average molecular weight is 290 g/mol. The lowest BCUT2D eigenvalue weighted by Crippen LogP contribution is -2.50. The highest BCUT2D eigenvalue weighted by atomic mass is 32.2. The molecule has 2 atom stereocenters. The quantitative estimate of drug-likeness (QED) is 0.672. The van der Waals surface area contributed by atoms with Crippen molar-refractivity contribution in [3.63, 3.8) is 0 Å². The predicted molar refractivity (Wildman–Crippen MR) is 79.6 cm³/mol. The normalized spacial score (nSPS) is 14.6. The Hall–Kier alpha value is -0.910. The van der Waals surface area contributed by atoms with E-state index in [1.54, 1.807) is 11.8 Å². The fraction of sp³-hybridized carbons (Fsp3) is 0.846. The van der Waals surface area contributed by atoms with Crippen LogP contribution in [0.25, 0.3) is 0 Å². The SMILES string of the molecule is CSCCC(C)NC(=O)NC(CC(=O)O)C(C)(C)C. The number of carboxylic acid groups (broad SMARTS) is 1. The third-order valence-electron chi connectivity index (χ3n) is 2.86. The van der Waals surface area contributed by atoms with E-state index in [1.165, 1.54) is 0 Å². The minimum atomic E-state index is -0.907. The standard InChI is InChI=1S/C13H26N2O3S/c1-9(6-7-19-5)14-12(18)15-10(8-11(16)17)13(2,3)4/h9-10H,6-8H2,1-5H3,(H,16,17)(H2,14,15,18). The summed E-state index contributed by atoms with van der Waals surface area (Å²) in [4.78, 5) is 22.7. The highest BCUT2D eigenvalue weighted by Crippen LogP contribution is 2.21. The van der Waals surface area contributed by atoms with Crippen molar-refractivity contribution in [1.82, 2.24) is 10.6 Å². The van der Waals surface area contributed by atoms with E-state index in [-0.39, 0.29) is 23.9 Å². The molecule has 0 spiro atoms.